The van der Waals surface area contributed by atoms with E-state index < -0.39 is 0 Å². The van der Waals surface area contributed by atoms with Crippen LogP contribution in [0, 0.1) is 20.8 Å². The van der Waals surface area contributed by atoms with Gasteiger partial charge in [-0.3, -0.25) is 0 Å². The number of rotatable bonds is 7. The van der Waals surface area contributed by atoms with E-state index in [-0.39, 0.29) is 0 Å². The Labute approximate surface area is 127 Å². The second-order valence-electron chi connectivity index (χ2n) is 5.39. The molecule has 0 aliphatic carbocycles. The number of nitrogens with one attached hydrogen (secondary N) is 1. The first-order valence-corrected chi connectivity index (χ1v) is 7.55. The molecule has 1 aromatic carbocycles. The molecule has 0 aliphatic heterocycles. The van der Waals surface area contributed by atoms with E-state index in [0.717, 1.165) is 37.8 Å². The Bertz CT molecular complexity index is 566. The first-order valence-electron chi connectivity index (χ1n) is 7.55. The highest BCUT2D eigenvalue weighted by atomic mass is 16.5. The Kier molecular flexibility index (Phi) is 5.39. The standard InChI is InChI=1S/C17H25N3O/c1-5-21-10-6-8-20-9-7-18-17(20)19-16-14(3)11-13(2)12-15(16)4/h7,9,11-12H,5-6,8,10H2,1-4H3,(H,18,19). The Morgan fingerprint density at radius 2 is 1.90 bits per heavy atom. The summed E-state index contributed by atoms with van der Waals surface area (Å²) in [5.41, 5.74) is 4.93. The topological polar surface area (TPSA) is 39.1 Å². The van der Waals surface area contributed by atoms with E-state index in [4.69, 9.17) is 4.74 Å². The molecule has 4 heteroatoms. The molecule has 0 saturated heterocycles. The van der Waals surface area contributed by atoms with E-state index in [1.165, 1.54) is 16.7 Å². The monoisotopic (exact) mass is 287 g/mol. The lowest BCUT2D eigenvalue weighted by molar-refractivity contribution is 0.142. The minimum Gasteiger partial charge on any atom is -0.382 e. The smallest absolute Gasteiger partial charge is 0.207 e. The summed E-state index contributed by atoms with van der Waals surface area (Å²) in [7, 11) is 0. The quantitative estimate of drug-likeness (QED) is 0.783. The third-order valence-corrected chi connectivity index (χ3v) is 3.52. The number of imidazole rings is 1. The molecule has 4 nitrogen and oxygen atoms in total. The predicted octanol–water partition coefficient (Wildman–Crippen LogP) is 3.98. The molecular formula is C17H25N3O. The molecule has 0 saturated carbocycles. The van der Waals surface area contributed by atoms with Gasteiger partial charge in [-0.25, -0.2) is 4.98 Å². The van der Waals surface area contributed by atoms with Gasteiger partial charge in [-0.2, -0.15) is 0 Å². The second kappa shape index (κ2) is 7.27. The van der Waals surface area contributed by atoms with Gasteiger partial charge in [0.25, 0.3) is 0 Å². The molecule has 2 aromatic rings. The number of anilines is 2. The number of hydrogen-bond acceptors (Lipinski definition) is 3. The first kappa shape index (κ1) is 15.6. The van der Waals surface area contributed by atoms with Crippen molar-refractivity contribution in [2.75, 3.05) is 18.5 Å². The maximum atomic E-state index is 5.39. The van der Waals surface area contributed by atoms with Crippen molar-refractivity contribution in [3.05, 3.63) is 41.2 Å². The van der Waals surface area contributed by atoms with Gasteiger partial charge >= 0.3 is 0 Å². The zero-order valence-electron chi connectivity index (χ0n) is 13.4. The van der Waals surface area contributed by atoms with Gasteiger partial charge in [0.05, 0.1) is 0 Å². The molecule has 1 aromatic heterocycles. The van der Waals surface area contributed by atoms with Crippen LogP contribution in [-0.2, 0) is 11.3 Å². The lowest BCUT2D eigenvalue weighted by Crippen LogP contribution is -2.07. The summed E-state index contributed by atoms with van der Waals surface area (Å²) in [6.07, 6.45) is 4.83. The van der Waals surface area contributed by atoms with Crippen molar-refractivity contribution in [2.45, 2.75) is 40.7 Å². The zero-order chi connectivity index (χ0) is 15.2. The fraction of sp³-hybridized carbons (Fsp3) is 0.471. The van der Waals surface area contributed by atoms with Crippen molar-refractivity contribution in [1.82, 2.24) is 9.55 Å². The van der Waals surface area contributed by atoms with Gasteiger partial charge in [0.1, 0.15) is 0 Å². The Morgan fingerprint density at radius 1 is 1.19 bits per heavy atom. The van der Waals surface area contributed by atoms with Crippen LogP contribution in [0.25, 0.3) is 0 Å². The molecule has 0 aliphatic rings. The Morgan fingerprint density at radius 3 is 2.57 bits per heavy atom. The van der Waals surface area contributed by atoms with E-state index in [1.54, 1.807) is 0 Å². The average molecular weight is 287 g/mol. The molecule has 1 N–H and O–H groups in total. The maximum Gasteiger partial charge on any atom is 0.207 e. The van der Waals surface area contributed by atoms with E-state index in [1.807, 2.05) is 19.3 Å². The lowest BCUT2D eigenvalue weighted by Gasteiger charge is -2.15. The number of nitrogens with zero attached hydrogens (tertiary/aromatic N) is 2. The van der Waals surface area contributed by atoms with Gasteiger partial charge in [-0.05, 0) is 45.2 Å². The minimum absolute atomic E-state index is 0.775. The summed E-state index contributed by atoms with van der Waals surface area (Å²) in [6.45, 7) is 10.9. The van der Waals surface area contributed by atoms with E-state index in [9.17, 15) is 0 Å². The minimum atomic E-state index is 0.775. The molecule has 0 amide bonds. The summed E-state index contributed by atoms with van der Waals surface area (Å²) < 4.78 is 7.52. The van der Waals surface area contributed by atoms with Gasteiger partial charge in [-0.1, -0.05) is 17.7 Å². The lowest BCUT2D eigenvalue weighted by atomic mass is 10.1. The largest absolute Gasteiger partial charge is 0.382 e. The summed E-state index contributed by atoms with van der Waals surface area (Å²) in [4.78, 5) is 4.43. The molecule has 21 heavy (non-hydrogen) atoms. The normalized spacial score (nSPS) is 10.9. The van der Waals surface area contributed by atoms with Gasteiger partial charge in [0, 0.05) is 37.8 Å². The van der Waals surface area contributed by atoms with Gasteiger partial charge in [0.2, 0.25) is 5.95 Å². The van der Waals surface area contributed by atoms with Crippen molar-refractivity contribution >= 4 is 11.6 Å². The van der Waals surface area contributed by atoms with Gasteiger partial charge in [-0.15, -0.1) is 0 Å². The van der Waals surface area contributed by atoms with Crippen LogP contribution in [0.2, 0.25) is 0 Å². The molecular weight excluding hydrogens is 262 g/mol. The van der Waals surface area contributed by atoms with Crippen LogP contribution in [0.3, 0.4) is 0 Å². The summed E-state index contributed by atoms with van der Waals surface area (Å²) >= 11 is 0. The molecule has 0 unspecified atom stereocenters. The van der Waals surface area contributed by atoms with Crippen LogP contribution in [0.15, 0.2) is 24.5 Å². The van der Waals surface area contributed by atoms with Crippen molar-refractivity contribution in [1.29, 1.82) is 0 Å². The molecule has 0 spiro atoms. The van der Waals surface area contributed by atoms with Crippen LogP contribution < -0.4 is 5.32 Å². The highest BCUT2D eigenvalue weighted by Gasteiger charge is 2.08. The molecule has 0 atom stereocenters. The fourth-order valence-electron chi connectivity index (χ4n) is 2.58. The van der Waals surface area contributed by atoms with Crippen LogP contribution >= 0.6 is 0 Å². The third kappa shape index (κ3) is 4.08. The SMILES string of the molecule is CCOCCCn1ccnc1Nc1c(C)cc(C)cc1C. The van der Waals surface area contributed by atoms with Crippen LogP contribution in [-0.4, -0.2) is 22.8 Å². The molecule has 0 radical (unpaired) electrons. The van der Waals surface area contributed by atoms with Crippen LogP contribution in [0.4, 0.5) is 11.6 Å². The van der Waals surface area contributed by atoms with Gasteiger partial charge < -0.3 is 14.6 Å². The average Bonchev–Trinajstić information content (AvgIpc) is 2.86. The Hall–Kier alpha value is -1.81. The van der Waals surface area contributed by atoms with E-state index in [2.05, 4.69) is 47.8 Å². The Balaban J connectivity index is 2.09. The molecule has 0 bridgehead atoms. The predicted molar refractivity (Wildman–Crippen MR) is 87.3 cm³/mol. The van der Waals surface area contributed by atoms with E-state index >= 15 is 0 Å². The number of hydrogen-bond donors (Lipinski definition) is 1. The number of benzene rings is 1. The highest BCUT2D eigenvalue weighted by Crippen LogP contribution is 2.25. The molecule has 0 fully saturated rings. The van der Waals surface area contributed by atoms with Crippen LogP contribution in [0.5, 0.6) is 0 Å². The summed E-state index contributed by atoms with van der Waals surface area (Å²) in [5, 5.41) is 3.47. The molecule has 114 valence electrons. The zero-order valence-corrected chi connectivity index (χ0v) is 13.4. The number of aromatic nitrogens is 2. The molecule has 2 rings (SSSR count). The fourth-order valence-corrected chi connectivity index (χ4v) is 2.58. The first-order chi connectivity index (χ1) is 10.1. The third-order valence-electron chi connectivity index (χ3n) is 3.52. The van der Waals surface area contributed by atoms with Crippen molar-refractivity contribution in [2.24, 2.45) is 0 Å². The van der Waals surface area contributed by atoms with Crippen molar-refractivity contribution < 1.29 is 4.74 Å². The summed E-state index contributed by atoms with van der Waals surface area (Å²) in [5.74, 6) is 0.890. The van der Waals surface area contributed by atoms with E-state index in [0.29, 0.717) is 0 Å². The number of aryl methyl sites for hydroxylation is 4. The van der Waals surface area contributed by atoms with Crippen molar-refractivity contribution in [3.63, 3.8) is 0 Å². The number of ether oxygens (including phenoxy) is 1. The molecule has 1 heterocycles. The van der Waals surface area contributed by atoms with Crippen molar-refractivity contribution in [3.8, 4) is 0 Å². The van der Waals surface area contributed by atoms with Gasteiger partial charge in [0.15, 0.2) is 0 Å². The van der Waals surface area contributed by atoms with Crippen LogP contribution in [0.1, 0.15) is 30.0 Å². The maximum absolute atomic E-state index is 5.39. The second-order valence-corrected chi connectivity index (χ2v) is 5.39. The highest BCUT2D eigenvalue weighted by molar-refractivity contribution is 5.63. The summed E-state index contributed by atoms with van der Waals surface area (Å²) in [6, 6.07) is 4.38.